The second-order valence-corrected chi connectivity index (χ2v) is 6.77. The Balaban J connectivity index is 1.67. The van der Waals surface area contributed by atoms with Gasteiger partial charge in [-0.05, 0) is 50.6 Å². The molecule has 2 rings (SSSR count). The fraction of sp³-hybridized carbons (Fsp3) is 1.00. The van der Waals surface area contributed by atoms with Crippen LogP contribution in [0.3, 0.4) is 0 Å². The summed E-state index contributed by atoms with van der Waals surface area (Å²) in [6, 6.07) is 0.723. The van der Waals surface area contributed by atoms with Crippen LogP contribution in [0.1, 0.15) is 52.4 Å². The van der Waals surface area contributed by atoms with Crippen molar-refractivity contribution in [3.8, 4) is 0 Å². The zero-order chi connectivity index (χ0) is 13.0. The highest BCUT2D eigenvalue weighted by Gasteiger charge is 2.35. The van der Waals surface area contributed by atoms with Gasteiger partial charge in [0.25, 0.3) is 0 Å². The summed E-state index contributed by atoms with van der Waals surface area (Å²) in [6.07, 6.45) is 8.39. The summed E-state index contributed by atoms with van der Waals surface area (Å²) in [5.74, 6) is 0. The lowest BCUT2D eigenvalue weighted by Gasteiger charge is -2.37. The molecule has 2 unspecified atom stereocenters. The predicted octanol–water partition coefficient (Wildman–Crippen LogP) is 2.39. The standard InChI is InChI=1S/C15H30N2O/c1-15(2,12-16)8-3-4-9-17-10-11-18-14-7-5-6-13(14)17/h13-14H,3-12,16H2,1-2H3. The zero-order valence-corrected chi connectivity index (χ0v) is 12.2. The Morgan fingerprint density at radius 3 is 2.89 bits per heavy atom. The molecule has 1 aliphatic heterocycles. The summed E-state index contributed by atoms with van der Waals surface area (Å²) in [5.41, 5.74) is 6.09. The van der Waals surface area contributed by atoms with Crippen LogP contribution in [-0.4, -0.2) is 43.3 Å². The number of hydrogen-bond acceptors (Lipinski definition) is 3. The van der Waals surface area contributed by atoms with Crippen molar-refractivity contribution in [3.05, 3.63) is 0 Å². The summed E-state index contributed by atoms with van der Waals surface area (Å²) >= 11 is 0. The molecule has 0 aromatic heterocycles. The van der Waals surface area contributed by atoms with Gasteiger partial charge in [-0.1, -0.05) is 20.3 Å². The van der Waals surface area contributed by atoms with Crippen molar-refractivity contribution in [2.75, 3.05) is 26.2 Å². The van der Waals surface area contributed by atoms with Crippen LogP contribution in [-0.2, 0) is 4.74 Å². The quantitative estimate of drug-likeness (QED) is 0.740. The molecule has 2 atom stereocenters. The molecule has 3 heteroatoms. The Kier molecular flexibility index (Phi) is 5.05. The van der Waals surface area contributed by atoms with Crippen LogP contribution >= 0.6 is 0 Å². The summed E-state index contributed by atoms with van der Waals surface area (Å²) in [5, 5.41) is 0. The number of unbranched alkanes of at least 4 members (excludes halogenated alkanes) is 1. The average Bonchev–Trinajstić information content (AvgIpc) is 2.83. The van der Waals surface area contributed by atoms with Crippen molar-refractivity contribution in [1.29, 1.82) is 0 Å². The highest BCUT2D eigenvalue weighted by molar-refractivity contribution is 4.89. The second kappa shape index (κ2) is 6.36. The van der Waals surface area contributed by atoms with E-state index in [2.05, 4.69) is 18.7 Å². The highest BCUT2D eigenvalue weighted by Crippen LogP contribution is 2.30. The molecule has 1 aliphatic carbocycles. The van der Waals surface area contributed by atoms with Gasteiger partial charge in [-0.2, -0.15) is 0 Å². The van der Waals surface area contributed by atoms with Gasteiger partial charge in [0, 0.05) is 12.6 Å². The van der Waals surface area contributed by atoms with E-state index in [9.17, 15) is 0 Å². The Morgan fingerprint density at radius 1 is 1.28 bits per heavy atom. The lowest BCUT2D eigenvalue weighted by molar-refractivity contribution is -0.0559. The van der Waals surface area contributed by atoms with E-state index >= 15 is 0 Å². The van der Waals surface area contributed by atoms with Crippen molar-refractivity contribution >= 4 is 0 Å². The molecule has 1 saturated carbocycles. The van der Waals surface area contributed by atoms with Crippen molar-refractivity contribution in [1.82, 2.24) is 4.90 Å². The first-order valence-electron chi connectivity index (χ1n) is 7.68. The largest absolute Gasteiger partial charge is 0.375 e. The first-order chi connectivity index (χ1) is 8.62. The molecule has 1 heterocycles. The molecule has 106 valence electrons. The fourth-order valence-electron chi connectivity index (χ4n) is 3.30. The molecule has 1 saturated heterocycles. The molecule has 2 aliphatic rings. The molecule has 3 nitrogen and oxygen atoms in total. The molecule has 0 radical (unpaired) electrons. The smallest absolute Gasteiger partial charge is 0.0730 e. The van der Waals surface area contributed by atoms with Crippen LogP contribution in [0.5, 0.6) is 0 Å². The minimum Gasteiger partial charge on any atom is -0.375 e. The van der Waals surface area contributed by atoms with E-state index in [1.165, 1.54) is 45.1 Å². The Bertz CT molecular complexity index is 255. The molecule has 0 spiro atoms. The maximum absolute atomic E-state index is 5.85. The molecular weight excluding hydrogens is 224 g/mol. The molecular formula is C15H30N2O. The second-order valence-electron chi connectivity index (χ2n) is 6.77. The average molecular weight is 254 g/mol. The Morgan fingerprint density at radius 2 is 2.11 bits per heavy atom. The van der Waals surface area contributed by atoms with Crippen LogP contribution in [0.15, 0.2) is 0 Å². The Labute approximate surface area is 112 Å². The number of ether oxygens (including phenoxy) is 1. The Hall–Kier alpha value is -0.120. The van der Waals surface area contributed by atoms with Gasteiger partial charge in [0.05, 0.1) is 12.7 Å². The van der Waals surface area contributed by atoms with Gasteiger partial charge < -0.3 is 10.5 Å². The highest BCUT2D eigenvalue weighted by atomic mass is 16.5. The van der Waals surface area contributed by atoms with E-state index in [4.69, 9.17) is 10.5 Å². The van der Waals surface area contributed by atoms with Gasteiger partial charge >= 0.3 is 0 Å². The van der Waals surface area contributed by atoms with Crippen molar-refractivity contribution in [2.45, 2.75) is 64.5 Å². The van der Waals surface area contributed by atoms with Crippen LogP contribution < -0.4 is 5.73 Å². The maximum atomic E-state index is 5.85. The van der Waals surface area contributed by atoms with E-state index < -0.39 is 0 Å². The van der Waals surface area contributed by atoms with Gasteiger partial charge in [-0.3, -0.25) is 4.90 Å². The number of rotatable bonds is 6. The van der Waals surface area contributed by atoms with Crippen LogP contribution in [0.4, 0.5) is 0 Å². The third kappa shape index (κ3) is 3.69. The monoisotopic (exact) mass is 254 g/mol. The number of fused-ring (bicyclic) bond motifs is 1. The van der Waals surface area contributed by atoms with Crippen molar-refractivity contribution in [2.24, 2.45) is 11.1 Å². The van der Waals surface area contributed by atoms with Gasteiger partial charge in [-0.15, -0.1) is 0 Å². The van der Waals surface area contributed by atoms with Crippen LogP contribution in [0, 0.1) is 5.41 Å². The minimum absolute atomic E-state index is 0.320. The van der Waals surface area contributed by atoms with Gasteiger partial charge in [0.2, 0.25) is 0 Å². The normalized spacial score (nSPS) is 29.5. The molecule has 0 amide bonds. The summed E-state index contributed by atoms with van der Waals surface area (Å²) in [6.45, 7) is 8.68. The van der Waals surface area contributed by atoms with Crippen molar-refractivity contribution in [3.63, 3.8) is 0 Å². The SMILES string of the molecule is CC(C)(CN)CCCCN1CCOC2CCCC21. The van der Waals surface area contributed by atoms with Crippen LogP contribution in [0.25, 0.3) is 0 Å². The first kappa shape index (κ1) is 14.3. The summed E-state index contributed by atoms with van der Waals surface area (Å²) < 4.78 is 5.85. The third-order valence-corrected chi connectivity index (χ3v) is 4.70. The van der Waals surface area contributed by atoms with Crippen molar-refractivity contribution < 1.29 is 4.74 Å². The molecule has 0 bridgehead atoms. The van der Waals surface area contributed by atoms with E-state index in [-0.39, 0.29) is 0 Å². The van der Waals surface area contributed by atoms with Gasteiger partial charge in [0.1, 0.15) is 0 Å². The molecule has 18 heavy (non-hydrogen) atoms. The summed E-state index contributed by atoms with van der Waals surface area (Å²) in [7, 11) is 0. The zero-order valence-electron chi connectivity index (χ0n) is 12.2. The van der Waals surface area contributed by atoms with E-state index in [1.54, 1.807) is 0 Å². The number of morpholine rings is 1. The fourth-order valence-corrected chi connectivity index (χ4v) is 3.30. The number of nitrogens with zero attached hydrogens (tertiary/aromatic N) is 1. The maximum Gasteiger partial charge on any atom is 0.0730 e. The molecule has 0 aromatic carbocycles. The predicted molar refractivity (Wildman–Crippen MR) is 75.6 cm³/mol. The first-order valence-corrected chi connectivity index (χ1v) is 7.68. The van der Waals surface area contributed by atoms with Gasteiger partial charge in [-0.25, -0.2) is 0 Å². The lowest BCUT2D eigenvalue weighted by Crippen LogP contribution is -2.48. The number of hydrogen-bond donors (Lipinski definition) is 1. The van der Waals surface area contributed by atoms with E-state index in [0.717, 1.165) is 25.7 Å². The summed E-state index contributed by atoms with van der Waals surface area (Å²) in [4.78, 5) is 2.68. The molecule has 2 N–H and O–H groups in total. The van der Waals surface area contributed by atoms with Crippen LogP contribution in [0.2, 0.25) is 0 Å². The molecule has 2 fully saturated rings. The topological polar surface area (TPSA) is 38.5 Å². The minimum atomic E-state index is 0.320. The third-order valence-electron chi connectivity index (χ3n) is 4.70. The number of nitrogens with two attached hydrogens (primary N) is 1. The lowest BCUT2D eigenvalue weighted by atomic mass is 9.87. The van der Waals surface area contributed by atoms with Gasteiger partial charge in [0.15, 0.2) is 0 Å². The van der Waals surface area contributed by atoms with E-state index in [1.807, 2.05) is 0 Å². The van der Waals surface area contributed by atoms with E-state index in [0.29, 0.717) is 11.5 Å². The molecule has 0 aromatic rings.